The smallest absolute Gasteiger partial charge is 0.250 e. The van der Waals surface area contributed by atoms with Crippen molar-refractivity contribution in [2.45, 2.75) is 30.5 Å². The topological polar surface area (TPSA) is 67.2 Å². The van der Waals surface area contributed by atoms with Crippen molar-refractivity contribution >= 4 is 35.2 Å². The van der Waals surface area contributed by atoms with Crippen molar-refractivity contribution in [1.82, 2.24) is 15.6 Å². The van der Waals surface area contributed by atoms with Crippen molar-refractivity contribution in [3.63, 3.8) is 0 Å². The van der Waals surface area contributed by atoms with Crippen LogP contribution < -0.4 is 5.43 Å². The molecule has 0 aliphatic heterocycles. The number of benzene rings is 2. The number of hydrogen-bond acceptors (Lipinski definition) is 6. The second kappa shape index (κ2) is 9.12. The second-order valence-corrected chi connectivity index (χ2v) is 9.39. The first-order valence-electron chi connectivity index (χ1n) is 8.86. The first-order chi connectivity index (χ1) is 13.4. The minimum Gasteiger partial charge on any atom is -0.272 e. The summed E-state index contributed by atoms with van der Waals surface area (Å²) in [6.07, 6.45) is 1.65. The molecular formula is C21H22N4OS2. The predicted molar refractivity (Wildman–Crippen MR) is 117 cm³/mol. The van der Waals surface area contributed by atoms with E-state index in [0.29, 0.717) is 0 Å². The summed E-state index contributed by atoms with van der Waals surface area (Å²) in [6.45, 7) is 6.53. The number of nitrogens with one attached hydrogen (secondary N) is 1. The molecule has 5 nitrogen and oxygen atoms in total. The molecular weight excluding hydrogens is 388 g/mol. The molecule has 0 fully saturated rings. The number of rotatable bonds is 6. The zero-order chi connectivity index (χ0) is 20.0. The van der Waals surface area contributed by atoms with Crippen LogP contribution in [0.25, 0.3) is 10.6 Å². The predicted octanol–water partition coefficient (Wildman–Crippen LogP) is 4.75. The molecule has 1 N–H and O–H groups in total. The molecule has 28 heavy (non-hydrogen) atoms. The van der Waals surface area contributed by atoms with Crippen molar-refractivity contribution in [3.05, 3.63) is 65.7 Å². The zero-order valence-corrected chi connectivity index (χ0v) is 17.7. The summed E-state index contributed by atoms with van der Waals surface area (Å²) in [4.78, 5) is 12.0. The van der Waals surface area contributed by atoms with Gasteiger partial charge in [0, 0.05) is 5.56 Å². The molecule has 0 saturated carbocycles. The van der Waals surface area contributed by atoms with Crippen LogP contribution in [0.3, 0.4) is 0 Å². The first-order valence-corrected chi connectivity index (χ1v) is 10.7. The highest BCUT2D eigenvalue weighted by Gasteiger charge is 2.12. The fourth-order valence-electron chi connectivity index (χ4n) is 2.37. The third-order valence-electron chi connectivity index (χ3n) is 3.93. The van der Waals surface area contributed by atoms with Gasteiger partial charge in [-0.1, -0.05) is 98.5 Å². The highest BCUT2D eigenvalue weighted by Crippen LogP contribution is 2.28. The fourth-order valence-corrected chi connectivity index (χ4v) is 4.02. The number of thioether (sulfide) groups is 1. The fraction of sp³-hybridized carbons (Fsp3) is 0.238. The van der Waals surface area contributed by atoms with Crippen LogP contribution in [0.5, 0.6) is 0 Å². The Morgan fingerprint density at radius 3 is 2.50 bits per heavy atom. The van der Waals surface area contributed by atoms with Crippen LogP contribution >= 0.6 is 23.1 Å². The number of hydrazone groups is 1. The van der Waals surface area contributed by atoms with Crippen LogP contribution in [0.4, 0.5) is 0 Å². The number of carbonyl (C=O) groups is 1. The van der Waals surface area contributed by atoms with E-state index in [4.69, 9.17) is 0 Å². The minimum atomic E-state index is -0.177. The Kier molecular flexibility index (Phi) is 6.59. The van der Waals surface area contributed by atoms with Crippen LogP contribution in [0.1, 0.15) is 31.9 Å². The van der Waals surface area contributed by atoms with Gasteiger partial charge in [-0.2, -0.15) is 5.10 Å². The first kappa shape index (κ1) is 20.2. The molecule has 144 valence electrons. The van der Waals surface area contributed by atoms with Crippen LogP contribution in [-0.2, 0) is 10.2 Å². The van der Waals surface area contributed by atoms with Crippen molar-refractivity contribution in [3.8, 4) is 10.6 Å². The van der Waals surface area contributed by atoms with Gasteiger partial charge in [0.15, 0.2) is 4.34 Å². The van der Waals surface area contributed by atoms with E-state index in [-0.39, 0.29) is 17.1 Å². The van der Waals surface area contributed by atoms with E-state index in [0.717, 1.165) is 20.5 Å². The Bertz CT molecular complexity index is 945. The lowest BCUT2D eigenvalue weighted by Gasteiger charge is -2.18. The van der Waals surface area contributed by atoms with Gasteiger partial charge in [0.05, 0.1) is 12.0 Å². The molecule has 0 aliphatic rings. The molecule has 0 atom stereocenters. The van der Waals surface area contributed by atoms with Crippen molar-refractivity contribution < 1.29 is 4.79 Å². The SMILES string of the molecule is CC(C)(C)c1ccc(C=NNC(=O)CSc2nnc(-c3ccccc3)s2)cc1. The molecule has 0 spiro atoms. The Labute approximate surface area is 173 Å². The van der Waals surface area contributed by atoms with Gasteiger partial charge in [-0.05, 0) is 16.5 Å². The highest BCUT2D eigenvalue weighted by atomic mass is 32.2. The maximum Gasteiger partial charge on any atom is 0.250 e. The van der Waals surface area contributed by atoms with Gasteiger partial charge in [-0.25, -0.2) is 5.43 Å². The van der Waals surface area contributed by atoms with E-state index >= 15 is 0 Å². The van der Waals surface area contributed by atoms with Gasteiger partial charge in [0.1, 0.15) is 5.01 Å². The quantitative estimate of drug-likeness (QED) is 0.362. The number of nitrogens with zero attached hydrogens (tertiary/aromatic N) is 3. The van der Waals surface area contributed by atoms with Crippen LogP contribution in [-0.4, -0.2) is 28.1 Å². The average Bonchev–Trinajstić information content (AvgIpc) is 3.16. The Morgan fingerprint density at radius 1 is 1.11 bits per heavy atom. The largest absolute Gasteiger partial charge is 0.272 e. The molecule has 0 radical (unpaired) electrons. The number of hydrogen-bond donors (Lipinski definition) is 1. The average molecular weight is 411 g/mol. The summed E-state index contributed by atoms with van der Waals surface area (Å²) in [5.74, 6) is 0.0630. The molecule has 0 aliphatic carbocycles. The monoisotopic (exact) mass is 410 g/mol. The Balaban J connectivity index is 1.47. The maximum absolute atomic E-state index is 12.0. The summed E-state index contributed by atoms with van der Waals surface area (Å²) >= 11 is 2.83. The van der Waals surface area contributed by atoms with Crippen molar-refractivity contribution in [1.29, 1.82) is 0 Å². The van der Waals surface area contributed by atoms with Crippen molar-refractivity contribution in [2.75, 3.05) is 5.75 Å². The lowest BCUT2D eigenvalue weighted by atomic mass is 9.87. The lowest BCUT2D eigenvalue weighted by molar-refractivity contribution is -0.118. The highest BCUT2D eigenvalue weighted by molar-refractivity contribution is 8.01. The normalized spacial score (nSPS) is 11.7. The van der Waals surface area contributed by atoms with Crippen LogP contribution in [0.15, 0.2) is 64.0 Å². The molecule has 1 heterocycles. The molecule has 2 aromatic carbocycles. The molecule has 1 amide bonds. The summed E-state index contributed by atoms with van der Waals surface area (Å²) in [5.41, 5.74) is 5.90. The Morgan fingerprint density at radius 2 is 1.82 bits per heavy atom. The summed E-state index contributed by atoms with van der Waals surface area (Å²) in [7, 11) is 0. The van der Waals surface area contributed by atoms with Gasteiger partial charge < -0.3 is 0 Å². The van der Waals surface area contributed by atoms with E-state index in [1.165, 1.54) is 28.7 Å². The second-order valence-electron chi connectivity index (χ2n) is 7.19. The number of amides is 1. The lowest BCUT2D eigenvalue weighted by Crippen LogP contribution is -2.19. The van der Waals surface area contributed by atoms with Gasteiger partial charge in [0.2, 0.25) is 0 Å². The number of carbonyl (C=O) groups excluding carboxylic acids is 1. The van der Waals surface area contributed by atoms with E-state index in [1.807, 2.05) is 42.5 Å². The molecule has 0 unspecified atom stereocenters. The van der Waals surface area contributed by atoms with E-state index in [9.17, 15) is 4.79 Å². The summed E-state index contributed by atoms with van der Waals surface area (Å²) in [5, 5.41) is 13.2. The number of aromatic nitrogens is 2. The molecule has 0 bridgehead atoms. The van der Waals surface area contributed by atoms with Crippen molar-refractivity contribution in [2.24, 2.45) is 5.10 Å². The summed E-state index contributed by atoms with van der Waals surface area (Å²) < 4.78 is 0.760. The molecule has 1 aromatic heterocycles. The van der Waals surface area contributed by atoms with Gasteiger partial charge in [-0.3, -0.25) is 4.79 Å². The van der Waals surface area contributed by atoms with E-state index < -0.39 is 0 Å². The maximum atomic E-state index is 12.0. The third-order valence-corrected chi connectivity index (χ3v) is 6.04. The van der Waals surface area contributed by atoms with Gasteiger partial charge >= 0.3 is 0 Å². The van der Waals surface area contributed by atoms with E-state index in [2.05, 4.69) is 53.6 Å². The molecule has 3 rings (SSSR count). The van der Waals surface area contributed by atoms with Crippen LogP contribution in [0.2, 0.25) is 0 Å². The summed E-state index contributed by atoms with van der Waals surface area (Å²) in [6, 6.07) is 18.0. The van der Waals surface area contributed by atoms with Crippen LogP contribution in [0, 0.1) is 0 Å². The third kappa shape index (κ3) is 5.74. The minimum absolute atomic E-state index is 0.117. The van der Waals surface area contributed by atoms with Gasteiger partial charge in [-0.15, -0.1) is 10.2 Å². The molecule has 7 heteroatoms. The Hall–Kier alpha value is -2.51. The molecule has 3 aromatic rings. The molecule has 0 saturated heterocycles. The standard InChI is InChI=1S/C21H22N4OS2/c1-21(2,3)17-11-9-15(10-12-17)13-22-23-18(26)14-27-20-25-24-19(28-20)16-7-5-4-6-8-16/h4-13H,14H2,1-3H3,(H,23,26). The van der Waals surface area contributed by atoms with E-state index in [1.54, 1.807) is 6.21 Å². The zero-order valence-electron chi connectivity index (χ0n) is 16.0. The van der Waals surface area contributed by atoms with Gasteiger partial charge in [0.25, 0.3) is 5.91 Å².